The van der Waals surface area contributed by atoms with Crippen LogP contribution in [0, 0.1) is 51.8 Å². The average Bonchev–Trinajstić information content (AvgIpc) is 3.08. The van der Waals surface area contributed by atoms with Gasteiger partial charge in [-0.15, -0.1) is 0 Å². The van der Waals surface area contributed by atoms with Crippen LogP contribution in [0.1, 0.15) is 113 Å². The second-order valence-corrected chi connectivity index (χ2v) is 14.8. The van der Waals surface area contributed by atoms with Crippen molar-refractivity contribution in [3.63, 3.8) is 0 Å². The van der Waals surface area contributed by atoms with Crippen LogP contribution in [-0.2, 0) is 9.53 Å². The predicted molar refractivity (Wildman–Crippen MR) is 143 cm³/mol. The van der Waals surface area contributed by atoms with Gasteiger partial charge >= 0.3 is 5.97 Å². The number of hydrogen-bond acceptors (Lipinski definition) is 2. The Morgan fingerprint density at radius 2 is 1.86 bits per heavy atom. The third-order valence-corrected chi connectivity index (χ3v) is 11.2. The van der Waals surface area contributed by atoms with E-state index in [1.807, 2.05) is 27.7 Å². The number of rotatable bonds is 7. The second-order valence-electron chi connectivity index (χ2n) is 14.8. The molecule has 0 amide bonds. The van der Waals surface area contributed by atoms with Gasteiger partial charge in [0, 0.05) is 6.42 Å². The van der Waals surface area contributed by atoms with Crippen LogP contribution >= 0.6 is 0 Å². The number of carbonyl (C=O) groups is 1. The molecule has 0 aliphatic heterocycles. The van der Waals surface area contributed by atoms with Crippen molar-refractivity contribution in [2.75, 3.05) is 6.67 Å². The normalized spacial score (nSPS) is 42.0. The second kappa shape index (κ2) is 10.3. The molecule has 4 heteroatoms. The summed E-state index contributed by atoms with van der Waals surface area (Å²) in [4.78, 5) is 12.5. The zero-order valence-corrected chi connectivity index (χ0v) is 24.0. The van der Waals surface area contributed by atoms with Gasteiger partial charge in [0.2, 0.25) is 0 Å². The third-order valence-electron chi connectivity index (χ3n) is 11.2. The quantitative estimate of drug-likeness (QED) is 0.254. The molecule has 0 heterocycles. The summed E-state index contributed by atoms with van der Waals surface area (Å²) in [6, 6.07) is 0. The Morgan fingerprint density at radius 3 is 2.53 bits per heavy atom. The minimum absolute atomic E-state index is 0.00602. The smallest absolute Gasteiger partial charge is 0.311 e. The molecule has 206 valence electrons. The van der Waals surface area contributed by atoms with Gasteiger partial charge in [-0.3, -0.25) is 9.18 Å². The van der Waals surface area contributed by atoms with Crippen molar-refractivity contribution in [2.24, 2.45) is 51.8 Å². The van der Waals surface area contributed by atoms with Crippen molar-refractivity contribution in [2.45, 2.75) is 125 Å². The van der Waals surface area contributed by atoms with Gasteiger partial charge in [-0.05, 0) is 112 Å². The SMILES string of the molecule is C[C@@H](CF)CCC[C@@H](C)[C@H]1[C@H](F)C[C@H]2[C@@H]3CC=C4C[C@@H](OC(=O)C(C)(C)C)CC[C@]4(C)C3CC[C@]12C. The summed E-state index contributed by atoms with van der Waals surface area (Å²) in [6.07, 6.45) is 11.6. The highest BCUT2D eigenvalue weighted by molar-refractivity contribution is 5.75. The number of carbonyl (C=O) groups excluding carboxylic acids is 1. The molecule has 3 fully saturated rings. The van der Waals surface area contributed by atoms with Gasteiger partial charge in [0.15, 0.2) is 0 Å². The summed E-state index contributed by atoms with van der Waals surface area (Å²) in [7, 11) is 0. The van der Waals surface area contributed by atoms with Gasteiger partial charge in [0.05, 0.1) is 12.1 Å². The summed E-state index contributed by atoms with van der Waals surface area (Å²) in [6.45, 7) is 14.6. The molecular formula is C32H52F2O2. The maximum Gasteiger partial charge on any atom is 0.311 e. The number of alkyl halides is 2. The molecule has 1 unspecified atom stereocenters. The largest absolute Gasteiger partial charge is 0.462 e. The van der Waals surface area contributed by atoms with E-state index in [2.05, 4.69) is 26.8 Å². The van der Waals surface area contributed by atoms with Crippen molar-refractivity contribution >= 4 is 5.97 Å². The first-order valence-corrected chi connectivity index (χ1v) is 14.9. The molecule has 4 aliphatic carbocycles. The zero-order valence-electron chi connectivity index (χ0n) is 24.0. The van der Waals surface area contributed by atoms with Crippen molar-refractivity contribution < 1.29 is 18.3 Å². The molecule has 0 spiro atoms. The lowest BCUT2D eigenvalue weighted by molar-refractivity contribution is -0.161. The van der Waals surface area contributed by atoms with Crippen LogP contribution in [0.5, 0.6) is 0 Å². The van der Waals surface area contributed by atoms with Crippen LogP contribution in [-0.4, -0.2) is 24.9 Å². The highest BCUT2D eigenvalue weighted by Gasteiger charge is 2.62. The Balaban J connectivity index is 1.46. The Labute approximate surface area is 219 Å². The fourth-order valence-corrected chi connectivity index (χ4v) is 9.12. The number of halogens is 2. The Hall–Kier alpha value is -0.930. The maximum atomic E-state index is 15.8. The molecule has 0 bridgehead atoms. The summed E-state index contributed by atoms with van der Waals surface area (Å²) in [5, 5.41) is 0. The molecule has 36 heavy (non-hydrogen) atoms. The lowest BCUT2D eigenvalue weighted by atomic mass is 9.47. The van der Waals surface area contributed by atoms with Crippen LogP contribution in [0.25, 0.3) is 0 Å². The van der Waals surface area contributed by atoms with Gasteiger partial charge in [-0.1, -0.05) is 52.2 Å². The number of ether oxygens (including phenoxy) is 1. The van der Waals surface area contributed by atoms with E-state index in [1.54, 1.807) is 0 Å². The van der Waals surface area contributed by atoms with Crippen molar-refractivity contribution in [3.8, 4) is 0 Å². The fraction of sp³-hybridized carbons (Fsp3) is 0.906. The molecular weight excluding hydrogens is 454 g/mol. The predicted octanol–water partition coefficient (Wildman–Crippen LogP) is 8.88. The lowest BCUT2D eigenvalue weighted by Crippen LogP contribution is -2.51. The standard InChI is InChI=1S/C32H52F2O2/c1-20(19-33)9-8-10-21(2)28-27(34)18-26-24-12-11-22-17-23(36-29(35)30(3,4)5)13-15-31(22,6)25(24)14-16-32(26,28)7/h11,20-21,23-28H,8-10,12-19H2,1-7H3/t20-,21-,23+,24-,25?,26+,27-,28+,31+,32+/m1/s1. The van der Waals surface area contributed by atoms with Crippen molar-refractivity contribution in [1.29, 1.82) is 0 Å². The van der Waals surface area contributed by atoms with Crippen LogP contribution in [0.2, 0.25) is 0 Å². The fourth-order valence-electron chi connectivity index (χ4n) is 9.12. The van der Waals surface area contributed by atoms with Gasteiger partial charge in [0.25, 0.3) is 0 Å². The average molecular weight is 507 g/mol. The summed E-state index contributed by atoms with van der Waals surface area (Å²) in [5.74, 6) is 2.14. The first-order valence-electron chi connectivity index (χ1n) is 14.9. The van der Waals surface area contributed by atoms with Gasteiger partial charge in [-0.2, -0.15) is 0 Å². The van der Waals surface area contributed by atoms with Crippen LogP contribution in [0.15, 0.2) is 11.6 Å². The minimum Gasteiger partial charge on any atom is -0.462 e. The topological polar surface area (TPSA) is 26.3 Å². The van der Waals surface area contributed by atoms with E-state index in [1.165, 1.54) is 12.0 Å². The highest BCUT2D eigenvalue weighted by atomic mass is 19.1. The van der Waals surface area contributed by atoms with Crippen molar-refractivity contribution in [1.82, 2.24) is 0 Å². The first kappa shape index (κ1) is 28.1. The lowest BCUT2D eigenvalue weighted by Gasteiger charge is -2.58. The molecule has 0 saturated heterocycles. The molecule has 0 aromatic heterocycles. The molecule has 4 aliphatic rings. The number of allylic oxidation sites excluding steroid dienone is 1. The van der Waals surface area contributed by atoms with E-state index in [4.69, 9.17) is 4.74 Å². The number of fused-ring (bicyclic) bond motifs is 5. The number of hydrogen-bond donors (Lipinski definition) is 0. The van der Waals surface area contributed by atoms with E-state index in [9.17, 15) is 9.18 Å². The Morgan fingerprint density at radius 1 is 1.14 bits per heavy atom. The van der Waals surface area contributed by atoms with E-state index in [0.717, 1.165) is 57.8 Å². The molecule has 3 saturated carbocycles. The van der Waals surface area contributed by atoms with Crippen LogP contribution < -0.4 is 0 Å². The zero-order chi connectivity index (χ0) is 26.5. The molecule has 4 rings (SSSR count). The van der Waals surface area contributed by atoms with Gasteiger partial charge in [-0.25, -0.2) is 4.39 Å². The summed E-state index contributed by atoms with van der Waals surface area (Å²) < 4.78 is 34.6. The Bertz CT molecular complexity index is 831. The molecule has 2 nitrogen and oxygen atoms in total. The highest BCUT2D eigenvalue weighted by Crippen LogP contribution is 2.67. The van der Waals surface area contributed by atoms with E-state index < -0.39 is 11.6 Å². The Kier molecular flexibility index (Phi) is 8.06. The molecule has 10 atom stereocenters. The van der Waals surface area contributed by atoms with E-state index in [-0.39, 0.29) is 41.4 Å². The maximum absolute atomic E-state index is 15.8. The van der Waals surface area contributed by atoms with Crippen LogP contribution in [0.4, 0.5) is 8.78 Å². The molecule has 0 aromatic carbocycles. The van der Waals surface area contributed by atoms with Crippen molar-refractivity contribution in [3.05, 3.63) is 11.6 Å². The third kappa shape index (κ3) is 5.05. The number of esters is 1. The summed E-state index contributed by atoms with van der Waals surface area (Å²) in [5.41, 5.74) is 1.26. The minimum atomic E-state index is -0.710. The molecule has 0 radical (unpaired) electrons. The molecule has 0 N–H and O–H groups in total. The summed E-state index contributed by atoms with van der Waals surface area (Å²) >= 11 is 0. The first-order chi connectivity index (χ1) is 16.8. The van der Waals surface area contributed by atoms with Gasteiger partial charge < -0.3 is 4.74 Å². The van der Waals surface area contributed by atoms with Gasteiger partial charge in [0.1, 0.15) is 12.3 Å². The van der Waals surface area contributed by atoms with E-state index in [0.29, 0.717) is 23.7 Å². The van der Waals surface area contributed by atoms with Crippen LogP contribution in [0.3, 0.4) is 0 Å². The van der Waals surface area contributed by atoms with E-state index >= 15 is 4.39 Å². The molecule has 0 aromatic rings. The monoisotopic (exact) mass is 506 g/mol.